The third-order valence-electron chi connectivity index (χ3n) is 4.17. The van der Waals surface area contributed by atoms with Gasteiger partial charge in [-0.25, -0.2) is 0 Å². The van der Waals surface area contributed by atoms with E-state index in [-0.39, 0.29) is 5.91 Å². The van der Waals surface area contributed by atoms with E-state index in [0.717, 1.165) is 29.9 Å². The maximum Gasteiger partial charge on any atom is 0.255 e. The number of hydrogen-bond acceptors (Lipinski definition) is 4. The molecular formula is C18H21N5O. The molecule has 3 aromatic rings. The molecule has 6 heteroatoms. The van der Waals surface area contributed by atoms with Crippen molar-refractivity contribution in [2.75, 3.05) is 23.3 Å². The van der Waals surface area contributed by atoms with Crippen LogP contribution in [-0.4, -0.2) is 34.4 Å². The number of anilines is 2. The monoisotopic (exact) mass is 323 g/mol. The Morgan fingerprint density at radius 3 is 2.54 bits per heavy atom. The van der Waals surface area contributed by atoms with E-state index >= 15 is 0 Å². The van der Waals surface area contributed by atoms with Crippen molar-refractivity contribution >= 4 is 28.3 Å². The van der Waals surface area contributed by atoms with Crippen LogP contribution in [-0.2, 0) is 0 Å². The number of H-pyrrole nitrogens is 1. The second-order valence-electron chi connectivity index (χ2n) is 5.65. The van der Waals surface area contributed by atoms with Crippen LogP contribution in [0.2, 0.25) is 0 Å². The van der Waals surface area contributed by atoms with Gasteiger partial charge in [0.1, 0.15) is 11.0 Å². The Labute approximate surface area is 140 Å². The average molecular weight is 323 g/mol. The fraction of sp³-hybridized carbons (Fsp3) is 0.278. The van der Waals surface area contributed by atoms with E-state index in [2.05, 4.69) is 45.5 Å². The molecule has 1 aromatic heterocycles. The normalized spacial score (nSPS) is 10.8. The summed E-state index contributed by atoms with van der Waals surface area (Å²) >= 11 is 0. The molecule has 0 radical (unpaired) electrons. The van der Waals surface area contributed by atoms with E-state index < -0.39 is 0 Å². The molecule has 0 aliphatic carbocycles. The highest BCUT2D eigenvalue weighted by molar-refractivity contribution is 6.06. The third kappa shape index (κ3) is 3.08. The minimum atomic E-state index is -0.154. The molecule has 0 saturated carbocycles. The van der Waals surface area contributed by atoms with Gasteiger partial charge in [0.15, 0.2) is 0 Å². The van der Waals surface area contributed by atoms with Crippen molar-refractivity contribution in [1.29, 1.82) is 0 Å². The van der Waals surface area contributed by atoms with E-state index in [1.165, 1.54) is 5.69 Å². The second-order valence-corrected chi connectivity index (χ2v) is 5.65. The smallest absolute Gasteiger partial charge is 0.255 e. The van der Waals surface area contributed by atoms with Gasteiger partial charge in [-0.05, 0) is 62.7 Å². The first-order valence-corrected chi connectivity index (χ1v) is 8.09. The maximum absolute atomic E-state index is 12.5. The van der Waals surface area contributed by atoms with Crippen molar-refractivity contribution < 1.29 is 4.79 Å². The van der Waals surface area contributed by atoms with Gasteiger partial charge in [-0.15, -0.1) is 0 Å². The van der Waals surface area contributed by atoms with E-state index in [4.69, 9.17) is 0 Å². The van der Waals surface area contributed by atoms with Crippen LogP contribution in [0.15, 0.2) is 36.4 Å². The SMILES string of the molecule is CCN(CC)c1ccc(NC(=O)c2ccc3n[nH]nc3c2)c(C)c1. The van der Waals surface area contributed by atoms with Gasteiger partial charge in [-0.1, -0.05) is 0 Å². The molecule has 124 valence electrons. The summed E-state index contributed by atoms with van der Waals surface area (Å²) in [5.41, 5.74) is 5.00. The number of aryl methyl sites for hydroxylation is 1. The molecule has 0 aliphatic heterocycles. The van der Waals surface area contributed by atoms with Gasteiger partial charge < -0.3 is 10.2 Å². The first kappa shape index (κ1) is 16.0. The summed E-state index contributed by atoms with van der Waals surface area (Å²) in [4.78, 5) is 14.8. The number of benzene rings is 2. The summed E-state index contributed by atoms with van der Waals surface area (Å²) in [6, 6.07) is 11.4. The van der Waals surface area contributed by atoms with Crippen molar-refractivity contribution in [2.24, 2.45) is 0 Å². The van der Waals surface area contributed by atoms with Crippen LogP contribution >= 0.6 is 0 Å². The predicted octanol–water partition coefficient (Wildman–Crippen LogP) is 3.36. The molecule has 1 heterocycles. The van der Waals surface area contributed by atoms with E-state index in [1.54, 1.807) is 18.2 Å². The van der Waals surface area contributed by atoms with Crippen molar-refractivity contribution in [2.45, 2.75) is 20.8 Å². The molecule has 2 N–H and O–H groups in total. The lowest BCUT2D eigenvalue weighted by Crippen LogP contribution is -2.22. The maximum atomic E-state index is 12.5. The standard InChI is InChI=1S/C18H21N5O/c1-4-23(5-2)14-7-9-15(12(3)10-14)19-18(24)13-6-8-16-17(11-13)21-22-20-16/h6-11H,4-5H2,1-3H3,(H,19,24)(H,20,21,22). The lowest BCUT2D eigenvalue weighted by molar-refractivity contribution is 0.102. The summed E-state index contributed by atoms with van der Waals surface area (Å²) in [6.07, 6.45) is 0. The number of rotatable bonds is 5. The summed E-state index contributed by atoms with van der Waals surface area (Å²) in [7, 11) is 0. The number of fused-ring (bicyclic) bond motifs is 1. The lowest BCUT2D eigenvalue weighted by Gasteiger charge is -2.22. The molecule has 0 aliphatic rings. The third-order valence-corrected chi connectivity index (χ3v) is 4.17. The van der Waals surface area contributed by atoms with Crippen LogP contribution < -0.4 is 10.2 Å². The minimum Gasteiger partial charge on any atom is -0.372 e. The molecule has 0 fully saturated rings. The van der Waals surface area contributed by atoms with Gasteiger partial charge in [-0.2, -0.15) is 15.4 Å². The lowest BCUT2D eigenvalue weighted by atomic mass is 10.1. The fourth-order valence-corrected chi connectivity index (χ4v) is 2.75. The van der Waals surface area contributed by atoms with Crippen LogP contribution in [0, 0.1) is 6.92 Å². The molecule has 6 nitrogen and oxygen atoms in total. The Kier molecular flexibility index (Phi) is 4.46. The van der Waals surface area contributed by atoms with Crippen LogP contribution in [0.4, 0.5) is 11.4 Å². The molecular weight excluding hydrogens is 302 g/mol. The van der Waals surface area contributed by atoms with Gasteiger partial charge in [0.25, 0.3) is 5.91 Å². The Bertz CT molecular complexity index is 867. The number of carbonyl (C=O) groups is 1. The largest absolute Gasteiger partial charge is 0.372 e. The molecule has 0 atom stereocenters. The molecule has 0 bridgehead atoms. The molecule has 0 spiro atoms. The van der Waals surface area contributed by atoms with E-state index in [1.807, 2.05) is 19.1 Å². The summed E-state index contributed by atoms with van der Waals surface area (Å²) in [5.74, 6) is -0.154. The van der Waals surface area contributed by atoms with Gasteiger partial charge >= 0.3 is 0 Å². The van der Waals surface area contributed by atoms with Gasteiger partial charge in [0.05, 0.1) is 0 Å². The molecule has 3 rings (SSSR count). The van der Waals surface area contributed by atoms with E-state index in [0.29, 0.717) is 11.1 Å². The molecule has 1 amide bonds. The fourth-order valence-electron chi connectivity index (χ4n) is 2.75. The molecule has 2 aromatic carbocycles. The zero-order valence-electron chi connectivity index (χ0n) is 14.1. The van der Waals surface area contributed by atoms with Crippen molar-refractivity contribution in [1.82, 2.24) is 15.4 Å². The quantitative estimate of drug-likeness (QED) is 0.755. The van der Waals surface area contributed by atoms with Crippen LogP contribution in [0.25, 0.3) is 11.0 Å². The van der Waals surface area contributed by atoms with Gasteiger partial charge in [0, 0.05) is 30.0 Å². The number of aromatic nitrogens is 3. The van der Waals surface area contributed by atoms with E-state index in [9.17, 15) is 4.79 Å². The summed E-state index contributed by atoms with van der Waals surface area (Å²) in [6.45, 7) is 8.19. The summed E-state index contributed by atoms with van der Waals surface area (Å²) < 4.78 is 0. The highest BCUT2D eigenvalue weighted by Gasteiger charge is 2.11. The van der Waals surface area contributed by atoms with Crippen molar-refractivity contribution in [3.63, 3.8) is 0 Å². The number of hydrogen-bond donors (Lipinski definition) is 2. The average Bonchev–Trinajstić information content (AvgIpc) is 3.05. The minimum absolute atomic E-state index is 0.154. The zero-order chi connectivity index (χ0) is 17.1. The molecule has 0 unspecified atom stereocenters. The predicted molar refractivity (Wildman–Crippen MR) is 96.6 cm³/mol. The van der Waals surface area contributed by atoms with Crippen molar-refractivity contribution in [3.8, 4) is 0 Å². The van der Waals surface area contributed by atoms with Crippen LogP contribution in [0.5, 0.6) is 0 Å². The Hall–Kier alpha value is -2.89. The second kappa shape index (κ2) is 6.70. The number of nitrogens with one attached hydrogen (secondary N) is 2. The van der Waals surface area contributed by atoms with Gasteiger partial charge in [0.2, 0.25) is 0 Å². The van der Waals surface area contributed by atoms with Crippen LogP contribution in [0.3, 0.4) is 0 Å². The Morgan fingerprint density at radius 1 is 1.08 bits per heavy atom. The van der Waals surface area contributed by atoms with Gasteiger partial charge in [-0.3, -0.25) is 4.79 Å². The Morgan fingerprint density at radius 2 is 1.83 bits per heavy atom. The Balaban J connectivity index is 1.80. The topological polar surface area (TPSA) is 73.9 Å². The zero-order valence-corrected chi connectivity index (χ0v) is 14.1. The molecule has 24 heavy (non-hydrogen) atoms. The highest BCUT2D eigenvalue weighted by Crippen LogP contribution is 2.23. The number of nitrogens with zero attached hydrogens (tertiary/aromatic N) is 3. The first-order chi connectivity index (χ1) is 11.6. The first-order valence-electron chi connectivity index (χ1n) is 8.09. The number of aromatic amines is 1. The number of carbonyl (C=O) groups excluding carboxylic acids is 1. The van der Waals surface area contributed by atoms with Crippen molar-refractivity contribution in [3.05, 3.63) is 47.5 Å². The molecule has 0 saturated heterocycles. The summed E-state index contributed by atoms with van der Waals surface area (Å²) in [5, 5.41) is 13.5. The highest BCUT2D eigenvalue weighted by atomic mass is 16.1. The number of amides is 1. The van der Waals surface area contributed by atoms with Crippen LogP contribution in [0.1, 0.15) is 29.8 Å².